The van der Waals surface area contributed by atoms with E-state index >= 15 is 0 Å². The minimum atomic E-state index is -1.22. The van der Waals surface area contributed by atoms with Gasteiger partial charge in [0, 0.05) is 5.69 Å². The standard InChI is InChI=1S/C18H22FN3O/c1-3-13-5-4-6-16(11-13)22-17(20)21-12-18(2,23)14-7-9-15(19)10-8-14/h4-11,23H,3,12H2,1-2H3,(H3,20,21,22). The lowest BCUT2D eigenvalue weighted by Gasteiger charge is -2.22. The molecule has 0 bridgehead atoms. The average molecular weight is 315 g/mol. The van der Waals surface area contributed by atoms with Crippen molar-refractivity contribution in [1.82, 2.24) is 0 Å². The molecule has 0 saturated heterocycles. The number of hydrogen-bond donors (Lipinski definition) is 3. The van der Waals surface area contributed by atoms with Gasteiger partial charge in [-0.1, -0.05) is 31.2 Å². The molecule has 0 radical (unpaired) electrons. The van der Waals surface area contributed by atoms with Crippen molar-refractivity contribution in [3.05, 3.63) is 65.5 Å². The van der Waals surface area contributed by atoms with Gasteiger partial charge in [0.2, 0.25) is 0 Å². The van der Waals surface area contributed by atoms with Crippen LogP contribution < -0.4 is 11.1 Å². The SMILES string of the molecule is CCc1cccc(NC(N)=NCC(C)(O)c2ccc(F)cc2)c1. The van der Waals surface area contributed by atoms with Crippen LogP contribution in [-0.4, -0.2) is 17.6 Å². The highest BCUT2D eigenvalue weighted by molar-refractivity contribution is 5.92. The molecule has 23 heavy (non-hydrogen) atoms. The molecule has 0 saturated carbocycles. The van der Waals surface area contributed by atoms with Gasteiger partial charge in [0.1, 0.15) is 11.4 Å². The number of rotatable bonds is 5. The molecule has 0 spiro atoms. The zero-order valence-electron chi connectivity index (χ0n) is 13.4. The van der Waals surface area contributed by atoms with Gasteiger partial charge in [0.15, 0.2) is 5.96 Å². The summed E-state index contributed by atoms with van der Waals surface area (Å²) in [5.74, 6) is -0.120. The van der Waals surface area contributed by atoms with E-state index < -0.39 is 5.60 Å². The van der Waals surface area contributed by atoms with Crippen LogP contribution in [0.3, 0.4) is 0 Å². The van der Waals surface area contributed by atoms with Crippen LogP contribution in [0.25, 0.3) is 0 Å². The third-order valence-electron chi connectivity index (χ3n) is 3.63. The van der Waals surface area contributed by atoms with Crippen molar-refractivity contribution in [3.8, 4) is 0 Å². The normalized spacial score (nSPS) is 14.3. The molecule has 0 aliphatic carbocycles. The van der Waals surface area contributed by atoms with Gasteiger partial charge < -0.3 is 16.2 Å². The number of anilines is 1. The van der Waals surface area contributed by atoms with Crippen LogP contribution in [0.15, 0.2) is 53.5 Å². The summed E-state index contributed by atoms with van der Waals surface area (Å²) in [6, 6.07) is 13.6. The summed E-state index contributed by atoms with van der Waals surface area (Å²) in [7, 11) is 0. The van der Waals surface area contributed by atoms with Gasteiger partial charge in [-0.05, 0) is 48.7 Å². The van der Waals surface area contributed by atoms with Crippen molar-refractivity contribution in [3.63, 3.8) is 0 Å². The molecule has 0 aliphatic rings. The molecule has 122 valence electrons. The van der Waals surface area contributed by atoms with Gasteiger partial charge in [-0.2, -0.15) is 0 Å². The van der Waals surface area contributed by atoms with Gasteiger partial charge in [-0.3, -0.25) is 0 Å². The molecule has 4 N–H and O–H groups in total. The summed E-state index contributed by atoms with van der Waals surface area (Å²) in [6.45, 7) is 3.77. The Balaban J connectivity index is 2.04. The van der Waals surface area contributed by atoms with Gasteiger partial charge in [0.05, 0.1) is 6.54 Å². The number of nitrogens with zero attached hydrogens (tertiary/aromatic N) is 1. The second-order valence-corrected chi connectivity index (χ2v) is 5.66. The number of halogens is 1. The number of hydrogen-bond acceptors (Lipinski definition) is 2. The Labute approximate surface area is 135 Å². The summed E-state index contributed by atoms with van der Waals surface area (Å²) in [5, 5.41) is 13.5. The first-order valence-corrected chi connectivity index (χ1v) is 7.55. The first-order valence-electron chi connectivity index (χ1n) is 7.55. The molecule has 2 aromatic rings. The third kappa shape index (κ3) is 4.79. The lowest BCUT2D eigenvalue weighted by molar-refractivity contribution is 0.0673. The predicted octanol–water partition coefficient (Wildman–Crippen LogP) is 3.02. The number of benzene rings is 2. The Kier molecular flexibility index (Phi) is 5.34. The largest absolute Gasteiger partial charge is 0.384 e. The summed E-state index contributed by atoms with van der Waals surface area (Å²) < 4.78 is 13.0. The quantitative estimate of drug-likeness (QED) is 0.587. The number of guanidine groups is 1. The van der Waals surface area contributed by atoms with Crippen molar-refractivity contribution in [2.24, 2.45) is 10.7 Å². The van der Waals surface area contributed by atoms with E-state index in [1.54, 1.807) is 19.1 Å². The van der Waals surface area contributed by atoms with Gasteiger partial charge in [-0.25, -0.2) is 9.38 Å². The van der Waals surface area contributed by atoms with E-state index in [1.807, 2.05) is 24.3 Å². The van der Waals surface area contributed by atoms with Crippen molar-refractivity contribution in [2.75, 3.05) is 11.9 Å². The third-order valence-corrected chi connectivity index (χ3v) is 3.63. The number of aliphatic hydroxyl groups is 1. The van der Waals surface area contributed by atoms with Crippen LogP contribution in [-0.2, 0) is 12.0 Å². The van der Waals surface area contributed by atoms with Crippen LogP contribution in [0.1, 0.15) is 25.0 Å². The molecular weight excluding hydrogens is 293 g/mol. The van der Waals surface area contributed by atoms with Crippen LogP contribution in [0.4, 0.5) is 10.1 Å². The molecule has 2 aromatic carbocycles. The van der Waals surface area contributed by atoms with Crippen LogP contribution in [0.5, 0.6) is 0 Å². The van der Waals surface area contributed by atoms with Crippen LogP contribution >= 0.6 is 0 Å². The summed E-state index contributed by atoms with van der Waals surface area (Å²) in [4.78, 5) is 4.18. The van der Waals surface area contributed by atoms with Crippen molar-refractivity contribution >= 4 is 11.6 Å². The molecule has 1 atom stereocenters. The molecular formula is C18H22FN3O. The van der Waals surface area contributed by atoms with Crippen molar-refractivity contribution < 1.29 is 9.50 Å². The number of aryl methyl sites for hydroxylation is 1. The predicted molar refractivity (Wildman–Crippen MR) is 91.9 cm³/mol. The van der Waals surface area contributed by atoms with Crippen molar-refractivity contribution in [1.29, 1.82) is 0 Å². The summed E-state index contributed by atoms with van der Waals surface area (Å²) in [6.07, 6.45) is 0.936. The molecule has 4 nitrogen and oxygen atoms in total. The average Bonchev–Trinajstić information content (AvgIpc) is 2.54. The molecule has 0 heterocycles. The topological polar surface area (TPSA) is 70.6 Å². The molecule has 2 rings (SSSR count). The molecule has 5 heteroatoms. The molecule has 0 aliphatic heterocycles. The highest BCUT2D eigenvalue weighted by atomic mass is 19.1. The van der Waals surface area contributed by atoms with Gasteiger partial charge >= 0.3 is 0 Å². The Bertz CT molecular complexity index is 681. The minimum absolute atomic E-state index is 0.0743. The fourth-order valence-corrected chi connectivity index (χ4v) is 2.20. The zero-order chi connectivity index (χ0) is 16.9. The van der Waals surface area contributed by atoms with Crippen LogP contribution in [0.2, 0.25) is 0 Å². The lowest BCUT2D eigenvalue weighted by atomic mass is 9.96. The second-order valence-electron chi connectivity index (χ2n) is 5.66. The number of aliphatic imine (C=N–C) groups is 1. The minimum Gasteiger partial charge on any atom is -0.384 e. The van der Waals surface area contributed by atoms with E-state index in [4.69, 9.17) is 5.73 Å². The smallest absolute Gasteiger partial charge is 0.193 e. The highest BCUT2D eigenvalue weighted by Crippen LogP contribution is 2.21. The van der Waals surface area contributed by atoms with E-state index in [0.29, 0.717) is 5.56 Å². The lowest BCUT2D eigenvalue weighted by Crippen LogP contribution is -2.29. The van der Waals surface area contributed by atoms with Gasteiger partial charge in [-0.15, -0.1) is 0 Å². The fourth-order valence-electron chi connectivity index (χ4n) is 2.20. The molecule has 0 fully saturated rings. The van der Waals surface area contributed by atoms with Crippen LogP contribution in [0, 0.1) is 5.82 Å². The number of nitrogens with one attached hydrogen (secondary N) is 1. The maximum atomic E-state index is 13.0. The van der Waals surface area contributed by atoms with E-state index in [9.17, 15) is 9.50 Å². The maximum absolute atomic E-state index is 13.0. The maximum Gasteiger partial charge on any atom is 0.193 e. The molecule has 0 amide bonds. The first-order chi connectivity index (χ1) is 10.9. The fraction of sp³-hybridized carbons (Fsp3) is 0.278. The monoisotopic (exact) mass is 315 g/mol. The van der Waals surface area contributed by atoms with Crippen molar-refractivity contribution in [2.45, 2.75) is 25.9 Å². The van der Waals surface area contributed by atoms with E-state index in [0.717, 1.165) is 12.1 Å². The Morgan fingerprint density at radius 2 is 1.96 bits per heavy atom. The van der Waals surface area contributed by atoms with E-state index in [2.05, 4.69) is 17.2 Å². The summed E-state index contributed by atoms with van der Waals surface area (Å²) in [5.41, 5.74) is 7.29. The second kappa shape index (κ2) is 7.24. The molecule has 1 unspecified atom stereocenters. The van der Waals surface area contributed by atoms with E-state index in [1.165, 1.54) is 17.7 Å². The zero-order valence-corrected chi connectivity index (χ0v) is 13.4. The van der Waals surface area contributed by atoms with E-state index in [-0.39, 0.29) is 18.3 Å². The summed E-state index contributed by atoms with van der Waals surface area (Å²) >= 11 is 0. The first kappa shape index (κ1) is 17.0. The Morgan fingerprint density at radius 1 is 1.26 bits per heavy atom. The molecule has 0 aromatic heterocycles. The Morgan fingerprint density at radius 3 is 2.61 bits per heavy atom. The number of nitrogens with two attached hydrogens (primary N) is 1. The van der Waals surface area contributed by atoms with Gasteiger partial charge in [0.25, 0.3) is 0 Å². The Hall–Kier alpha value is -2.40. The highest BCUT2D eigenvalue weighted by Gasteiger charge is 2.22.